The Kier molecular flexibility index (Phi) is 8.62. The molecule has 0 amide bonds. The van der Waals surface area contributed by atoms with Gasteiger partial charge in [-0.25, -0.2) is 9.98 Å². The zero-order valence-electron chi connectivity index (χ0n) is 18.7. The van der Waals surface area contributed by atoms with Crippen LogP contribution in [0.5, 0.6) is 0 Å². The lowest BCUT2D eigenvalue weighted by Crippen LogP contribution is -2.41. The van der Waals surface area contributed by atoms with E-state index in [1.165, 1.54) is 5.56 Å². The molecule has 1 aliphatic rings. The highest BCUT2D eigenvalue weighted by Crippen LogP contribution is 2.19. The quantitative estimate of drug-likeness (QED) is 0.264. The SMILES string of the molecule is Cc1ccc(-c2nc(CN=C(NCc3nnc(C)n3C)NCC3CCCO3)co2)cc1.I. The third-order valence-electron chi connectivity index (χ3n) is 5.37. The van der Waals surface area contributed by atoms with Gasteiger partial charge in [0.2, 0.25) is 5.89 Å². The Labute approximate surface area is 205 Å². The van der Waals surface area contributed by atoms with Crippen molar-refractivity contribution in [3.05, 3.63) is 53.4 Å². The molecule has 0 bridgehead atoms. The minimum absolute atomic E-state index is 0. The molecule has 1 atom stereocenters. The van der Waals surface area contributed by atoms with Crippen molar-refractivity contribution in [2.75, 3.05) is 13.2 Å². The number of halogens is 1. The average Bonchev–Trinajstić information content (AvgIpc) is 3.52. The maximum Gasteiger partial charge on any atom is 0.226 e. The molecule has 1 saturated heterocycles. The molecule has 9 nitrogen and oxygen atoms in total. The van der Waals surface area contributed by atoms with Crippen LogP contribution in [0.15, 0.2) is 39.9 Å². The molecule has 0 spiro atoms. The van der Waals surface area contributed by atoms with E-state index in [2.05, 4.69) is 37.7 Å². The molecule has 2 aromatic heterocycles. The van der Waals surface area contributed by atoms with Gasteiger partial charge in [-0.05, 0) is 38.8 Å². The van der Waals surface area contributed by atoms with Crippen LogP contribution >= 0.6 is 24.0 Å². The molecule has 0 radical (unpaired) electrons. The zero-order chi connectivity index (χ0) is 21.6. The monoisotopic (exact) mass is 551 g/mol. The van der Waals surface area contributed by atoms with E-state index in [0.29, 0.717) is 31.5 Å². The first-order valence-electron chi connectivity index (χ1n) is 10.6. The van der Waals surface area contributed by atoms with Crippen LogP contribution in [0, 0.1) is 13.8 Å². The summed E-state index contributed by atoms with van der Waals surface area (Å²) >= 11 is 0. The molecule has 1 aromatic carbocycles. The fourth-order valence-corrected chi connectivity index (χ4v) is 3.33. The van der Waals surface area contributed by atoms with Gasteiger partial charge in [-0.2, -0.15) is 0 Å². The van der Waals surface area contributed by atoms with Gasteiger partial charge in [0.25, 0.3) is 0 Å². The second-order valence-electron chi connectivity index (χ2n) is 7.77. The number of hydrogen-bond donors (Lipinski definition) is 2. The molecule has 2 N–H and O–H groups in total. The van der Waals surface area contributed by atoms with Gasteiger partial charge in [-0.3, -0.25) is 0 Å². The summed E-state index contributed by atoms with van der Waals surface area (Å²) in [6.45, 7) is 6.43. The Morgan fingerprint density at radius 3 is 2.69 bits per heavy atom. The Hall–Kier alpha value is -2.47. The summed E-state index contributed by atoms with van der Waals surface area (Å²) in [5.41, 5.74) is 2.92. The highest BCUT2D eigenvalue weighted by molar-refractivity contribution is 14.0. The number of aryl methyl sites for hydroxylation is 2. The van der Waals surface area contributed by atoms with Gasteiger partial charge >= 0.3 is 0 Å². The molecule has 3 aromatic rings. The van der Waals surface area contributed by atoms with E-state index in [1.54, 1.807) is 6.26 Å². The molecular weight excluding hydrogens is 521 g/mol. The smallest absolute Gasteiger partial charge is 0.226 e. The van der Waals surface area contributed by atoms with Gasteiger partial charge < -0.3 is 24.4 Å². The summed E-state index contributed by atoms with van der Waals surface area (Å²) in [7, 11) is 1.95. The van der Waals surface area contributed by atoms with Crippen molar-refractivity contribution in [1.29, 1.82) is 0 Å². The van der Waals surface area contributed by atoms with E-state index in [1.807, 2.05) is 42.8 Å². The third-order valence-corrected chi connectivity index (χ3v) is 5.37. The van der Waals surface area contributed by atoms with Crippen LogP contribution in [0.4, 0.5) is 0 Å². The molecular formula is C22H30IN7O2. The number of benzene rings is 1. The number of aromatic nitrogens is 4. The van der Waals surface area contributed by atoms with Crippen LogP contribution in [0.2, 0.25) is 0 Å². The predicted octanol–water partition coefficient (Wildman–Crippen LogP) is 3.12. The fourth-order valence-electron chi connectivity index (χ4n) is 3.33. The average molecular weight is 551 g/mol. The molecule has 0 aliphatic carbocycles. The summed E-state index contributed by atoms with van der Waals surface area (Å²) in [6.07, 6.45) is 4.03. The van der Waals surface area contributed by atoms with Crippen LogP contribution in [-0.2, 0) is 24.9 Å². The van der Waals surface area contributed by atoms with Gasteiger partial charge in [0, 0.05) is 25.8 Å². The largest absolute Gasteiger partial charge is 0.444 e. The maximum absolute atomic E-state index is 5.71. The zero-order valence-corrected chi connectivity index (χ0v) is 21.0. The molecule has 1 unspecified atom stereocenters. The van der Waals surface area contributed by atoms with Crippen LogP contribution in [0.1, 0.15) is 35.7 Å². The molecule has 0 saturated carbocycles. The lowest BCUT2D eigenvalue weighted by atomic mass is 10.1. The van der Waals surface area contributed by atoms with Crippen LogP contribution < -0.4 is 10.6 Å². The number of aliphatic imine (C=N–C) groups is 1. The minimum atomic E-state index is 0. The van der Waals surface area contributed by atoms with Crippen molar-refractivity contribution in [2.24, 2.45) is 12.0 Å². The van der Waals surface area contributed by atoms with E-state index in [4.69, 9.17) is 9.15 Å². The normalized spacial score (nSPS) is 16.1. The molecule has 32 heavy (non-hydrogen) atoms. The van der Waals surface area contributed by atoms with E-state index >= 15 is 0 Å². The Morgan fingerprint density at radius 1 is 1.19 bits per heavy atom. The van der Waals surface area contributed by atoms with Crippen LogP contribution in [-0.4, -0.2) is 45.0 Å². The van der Waals surface area contributed by atoms with Gasteiger partial charge in [-0.1, -0.05) is 17.7 Å². The second kappa shape index (κ2) is 11.4. The lowest BCUT2D eigenvalue weighted by Gasteiger charge is -2.15. The number of guanidine groups is 1. The van der Waals surface area contributed by atoms with E-state index in [-0.39, 0.29) is 30.1 Å². The van der Waals surface area contributed by atoms with Crippen molar-refractivity contribution in [1.82, 2.24) is 30.4 Å². The lowest BCUT2D eigenvalue weighted by molar-refractivity contribution is 0.113. The van der Waals surface area contributed by atoms with E-state index < -0.39 is 0 Å². The summed E-state index contributed by atoms with van der Waals surface area (Å²) in [5.74, 6) is 2.98. The Balaban J connectivity index is 0.00000289. The summed E-state index contributed by atoms with van der Waals surface area (Å²) in [5, 5.41) is 15.0. The summed E-state index contributed by atoms with van der Waals surface area (Å²) in [4.78, 5) is 9.26. The third kappa shape index (κ3) is 6.28. The van der Waals surface area contributed by atoms with Gasteiger partial charge in [0.1, 0.15) is 17.8 Å². The van der Waals surface area contributed by atoms with E-state index in [9.17, 15) is 0 Å². The van der Waals surface area contributed by atoms with Gasteiger partial charge in [0.05, 0.1) is 19.2 Å². The van der Waals surface area contributed by atoms with Crippen molar-refractivity contribution in [2.45, 2.75) is 45.9 Å². The van der Waals surface area contributed by atoms with Crippen LogP contribution in [0.25, 0.3) is 11.5 Å². The van der Waals surface area contributed by atoms with Crippen molar-refractivity contribution in [3.8, 4) is 11.5 Å². The molecule has 3 heterocycles. The molecule has 4 rings (SSSR count). The first-order chi connectivity index (χ1) is 15.1. The Morgan fingerprint density at radius 2 is 2.00 bits per heavy atom. The molecule has 172 valence electrons. The number of hydrogen-bond acceptors (Lipinski definition) is 6. The number of nitrogens with one attached hydrogen (secondary N) is 2. The first-order valence-corrected chi connectivity index (χ1v) is 10.6. The second-order valence-corrected chi connectivity index (χ2v) is 7.77. The molecule has 1 aliphatic heterocycles. The topological polar surface area (TPSA) is 102 Å². The van der Waals surface area contributed by atoms with Gasteiger partial charge in [-0.15, -0.1) is 34.2 Å². The summed E-state index contributed by atoms with van der Waals surface area (Å²) < 4.78 is 13.3. The fraction of sp³-hybridized carbons (Fsp3) is 0.455. The van der Waals surface area contributed by atoms with Crippen LogP contribution in [0.3, 0.4) is 0 Å². The molecule has 1 fully saturated rings. The van der Waals surface area contributed by atoms with Crippen molar-refractivity contribution >= 4 is 29.9 Å². The number of nitrogens with zero attached hydrogens (tertiary/aromatic N) is 5. The maximum atomic E-state index is 5.71. The minimum Gasteiger partial charge on any atom is -0.444 e. The highest BCUT2D eigenvalue weighted by atomic mass is 127. The predicted molar refractivity (Wildman–Crippen MR) is 133 cm³/mol. The van der Waals surface area contributed by atoms with Crippen molar-refractivity contribution < 1.29 is 9.15 Å². The number of oxazole rings is 1. The first kappa shape index (κ1) is 24.2. The number of rotatable bonds is 7. The Bertz CT molecular complexity index is 1020. The van der Waals surface area contributed by atoms with Crippen molar-refractivity contribution in [3.63, 3.8) is 0 Å². The highest BCUT2D eigenvalue weighted by Gasteiger charge is 2.16. The summed E-state index contributed by atoms with van der Waals surface area (Å²) in [6, 6.07) is 8.10. The van der Waals surface area contributed by atoms with Gasteiger partial charge in [0.15, 0.2) is 11.8 Å². The molecule has 10 heteroatoms. The number of ether oxygens (including phenoxy) is 1. The standard InChI is InChI=1S/C22H29N7O2.HI/c1-15-6-8-17(9-7-15)21-26-18(14-31-21)11-23-22(24-12-19-5-4-10-30-19)25-13-20-28-27-16(2)29(20)3;/h6-9,14,19H,4-5,10-13H2,1-3H3,(H2,23,24,25);1H. The van der Waals surface area contributed by atoms with E-state index in [0.717, 1.165) is 42.4 Å².